The zero-order valence-electron chi connectivity index (χ0n) is 16.2. The molecular weight excluding hydrogens is 336 g/mol. The first-order chi connectivity index (χ1) is 13.1. The maximum absolute atomic E-state index is 12.3. The number of anilines is 1. The predicted octanol–water partition coefficient (Wildman–Crippen LogP) is 4.97. The Morgan fingerprint density at radius 2 is 2.15 bits per heavy atom. The number of aromatic nitrogens is 1. The molecule has 4 nitrogen and oxygen atoms in total. The van der Waals surface area contributed by atoms with Gasteiger partial charge in [-0.1, -0.05) is 55.9 Å². The van der Waals surface area contributed by atoms with E-state index in [2.05, 4.69) is 48.5 Å². The maximum atomic E-state index is 12.3. The molecule has 2 aliphatic rings. The molecule has 1 unspecified atom stereocenters. The molecule has 0 aromatic carbocycles. The van der Waals surface area contributed by atoms with Gasteiger partial charge in [0.25, 0.3) is 0 Å². The Bertz CT molecular complexity index is 789. The molecule has 27 heavy (non-hydrogen) atoms. The highest BCUT2D eigenvalue weighted by Crippen LogP contribution is 2.23. The minimum atomic E-state index is -0.0258. The van der Waals surface area contributed by atoms with Crippen molar-refractivity contribution in [3.63, 3.8) is 0 Å². The zero-order valence-corrected chi connectivity index (χ0v) is 16.2. The van der Waals surface area contributed by atoms with Crippen LogP contribution in [0.5, 0.6) is 0 Å². The van der Waals surface area contributed by atoms with Gasteiger partial charge < -0.3 is 10.1 Å². The largest absolute Gasteiger partial charge is 0.372 e. The van der Waals surface area contributed by atoms with Crippen LogP contribution in [0.4, 0.5) is 5.82 Å². The number of amides is 1. The van der Waals surface area contributed by atoms with E-state index in [-0.39, 0.29) is 5.91 Å². The van der Waals surface area contributed by atoms with Crippen molar-refractivity contribution in [2.24, 2.45) is 11.8 Å². The Labute approximate surface area is 161 Å². The molecule has 0 bridgehead atoms. The summed E-state index contributed by atoms with van der Waals surface area (Å²) in [6.07, 6.45) is 16.8. The number of pyridine rings is 1. The van der Waals surface area contributed by atoms with Crippen molar-refractivity contribution in [3.05, 3.63) is 71.5 Å². The first kappa shape index (κ1) is 19.3. The lowest BCUT2D eigenvalue weighted by atomic mass is 9.91. The first-order valence-corrected chi connectivity index (χ1v) is 9.64. The van der Waals surface area contributed by atoms with E-state index < -0.39 is 0 Å². The number of carbonyl (C=O) groups is 1. The molecule has 1 amide bonds. The van der Waals surface area contributed by atoms with Crippen molar-refractivity contribution in [2.45, 2.75) is 39.7 Å². The molecule has 0 saturated heterocycles. The molecule has 4 heteroatoms. The third-order valence-electron chi connectivity index (χ3n) is 4.94. The molecule has 1 aromatic rings. The number of allylic oxidation sites excluding steroid dienone is 6. The van der Waals surface area contributed by atoms with E-state index in [1.165, 1.54) is 11.1 Å². The van der Waals surface area contributed by atoms with E-state index in [4.69, 9.17) is 4.74 Å². The van der Waals surface area contributed by atoms with E-state index in [9.17, 15) is 4.79 Å². The summed E-state index contributed by atoms with van der Waals surface area (Å²) in [5, 5.41) is 2.90. The SMILES string of the molecule is CC1CC=CC=C1CC(=O)Nc1cc(COCC2=CC=C[C@H](C)C2)ccn1. The third kappa shape index (κ3) is 6.04. The Morgan fingerprint density at radius 3 is 2.96 bits per heavy atom. The minimum Gasteiger partial charge on any atom is -0.372 e. The van der Waals surface area contributed by atoms with Gasteiger partial charge in [-0.2, -0.15) is 0 Å². The molecule has 142 valence electrons. The molecule has 0 saturated carbocycles. The molecule has 1 heterocycles. The molecule has 0 fully saturated rings. The number of nitrogens with zero attached hydrogens (tertiary/aromatic N) is 1. The number of rotatable bonds is 7. The van der Waals surface area contributed by atoms with Gasteiger partial charge in [-0.05, 0) is 47.9 Å². The van der Waals surface area contributed by atoms with Crippen LogP contribution in [0, 0.1) is 11.8 Å². The van der Waals surface area contributed by atoms with Gasteiger partial charge in [0.15, 0.2) is 0 Å². The van der Waals surface area contributed by atoms with Crippen molar-refractivity contribution in [2.75, 3.05) is 11.9 Å². The van der Waals surface area contributed by atoms with Crippen molar-refractivity contribution < 1.29 is 9.53 Å². The second-order valence-corrected chi connectivity index (χ2v) is 7.46. The van der Waals surface area contributed by atoms with Crippen molar-refractivity contribution in [1.29, 1.82) is 0 Å². The minimum absolute atomic E-state index is 0.0258. The topological polar surface area (TPSA) is 51.2 Å². The fraction of sp³-hybridized carbons (Fsp3) is 0.391. The van der Waals surface area contributed by atoms with Crippen LogP contribution in [0.15, 0.2) is 65.9 Å². The fourth-order valence-corrected chi connectivity index (χ4v) is 3.37. The van der Waals surface area contributed by atoms with Gasteiger partial charge in [-0.15, -0.1) is 0 Å². The number of ether oxygens (including phenoxy) is 1. The van der Waals surface area contributed by atoms with E-state index in [1.807, 2.05) is 24.3 Å². The van der Waals surface area contributed by atoms with Gasteiger partial charge in [0, 0.05) is 12.6 Å². The van der Waals surface area contributed by atoms with Gasteiger partial charge in [-0.3, -0.25) is 4.79 Å². The molecule has 0 aliphatic heterocycles. The number of nitrogens with one attached hydrogen (secondary N) is 1. The zero-order chi connectivity index (χ0) is 19.1. The van der Waals surface area contributed by atoms with E-state index >= 15 is 0 Å². The van der Waals surface area contributed by atoms with Gasteiger partial charge in [-0.25, -0.2) is 4.98 Å². The van der Waals surface area contributed by atoms with Crippen molar-refractivity contribution in [1.82, 2.24) is 4.98 Å². The van der Waals surface area contributed by atoms with Gasteiger partial charge in [0.2, 0.25) is 5.91 Å². The average Bonchev–Trinajstić information content (AvgIpc) is 2.64. The molecular formula is C23H28N2O2. The van der Waals surface area contributed by atoms with Crippen molar-refractivity contribution >= 4 is 11.7 Å². The van der Waals surface area contributed by atoms with Crippen LogP contribution in [0.25, 0.3) is 0 Å². The Morgan fingerprint density at radius 1 is 1.26 bits per heavy atom. The lowest BCUT2D eigenvalue weighted by Crippen LogP contribution is -2.16. The number of hydrogen-bond acceptors (Lipinski definition) is 3. The summed E-state index contributed by atoms with van der Waals surface area (Å²) >= 11 is 0. The summed E-state index contributed by atoms with van der Waals surface area (Å²) in [5.41, 5.74) is 3.49. The molecule has 2 atom stereocenters. The van der Waals surface area contributed by atoms with E-state index in [0.717, 1.165) is 18.4 Å². The van der Waals surface area contributed by atoms with Crippen LogP contribution in [0.3, 0.4) is 0 Å². The van der Waals surface area contributed by atoms with E-state index in [0.29, 0.717) is 37.3 Å². The van der Waals surface area contributed by atoms with Gasteiger partial charge >= 0.3 is 0 Å². The maximum Gasteiger partial charge on any atom is 0.229 e. The van der Waals surface area contributed by atoms with Crippen LogP contribution < -0.4 is 5.32 Å². The summed E-state index contributed by atoms with van der Waals surface area (Å²) in [6, 6.07) is 3.80. The van der Waals surface area contributed by atoms with Crippen LogP contribution >= 0.6 is 0 Å². The standard InChI is InChI=1S/C23H28N2O2/c1-17-6-5-8-19(12-17)15-27-16-20-10-11-24-22(13-20)25-23(26)14-21-9-4-3-7-18(21)2/h3-6,8-11,13,17-18H,7,12,14-16H2,1-2H3,(H,24,25,26)/t17-,18?/m0/s1. The summed E-state index contributed by atoms with van der Waals surface area (Å²) in [7, 11) is 0. The highest BCUT2D eigenvalue weighted by atomic mass is 16.5. The lowest BCUT2D eigenvalue weighted by Gasteiger charge is -2.17. The van der Waals surface area contributed by atoms with Crippen LogP contribution in [0.2, 0.25) is 0 Å². The Hall–Kier alpha value is -2.46. The first-order valence-electron chi connectivity index (χ1n) is 9.64. The molecule has 3 rings (SSSR count). The molecule has 1 aromatic heterocycles. The smallest absolute Gasteiger partial charge is 0.229 e. The number of carbonyl (C=O) groups excluding carboxylic acids is 1. The predicted molar refractivity (Wildman–Crippen MR) is 109 cm³/mol. The van der Waals surface area contributed by atoms with Crippen molar-refractivity contribution in [3.8, 4) is 0 Å². The Kier molecular flexibility index (Phi) is 6.77. The highest BCUT2D eigenvalue weighted by Gasteiger charge is 2.14. The Balaban J connectivity index is 1.49. The van der Waals surface area contributed by atoms with E-state index in [1.54, 1.807) is 6.20 Å². The summed E-state index contributed by atoms with van der Waals surface area (Å²) < 4.78 is 5.84. The summed E-state index contributed by atoms with van der Waals surface area (Å²) in [6.45, 7) is 5.50. The highest BCUT2D eigenvalue weighted by molar-refractivity contribution is 5.91. The van der Waals surface area contributed by atoms with Gasteiger partial charge in [0.05, 0.1) is 13.2 Å². The quantitative estimate of drug-likeness (QED) is 0.743. The molecule has 0 spiro atoms. The third-order valence-corrected chi connectivity index (χ3v) is 4.94. The van der Waals surface area contributed by atoms with Crippen LogP contribution in [-0.2, 0) is 16.1 Å². The normalized spacial score (nSPS) is 21.6. The summed E-state index contributed by atoms with van der Waals surface area (Å²) in [4.78, 5) is 16.6. The monoisotopic (exact) mass is 364 g/mol. The lowest BCUT2D eigenvalue weighted by molar-refractivity contribution is -0.115. The fourth-order valence-electron chi connectivity index (χ4n) is 3.37. The van der Waals surface area contributed by atoms with Crippen LogP contribution in [-0.4, -0.2) is 17.5 Å². The summed E-state index contributed by atoms with van der Waals surface area (Å²) in [5.74, 6) is 1.55. The second kappa shape index (κ2) is 9.47. The number of hydrogen-bond donors (Lipinski definition) is 1. The van der Waals surface area contributed by atoms with Crippen LogP contribution in [0.1, 0.15) is 38.7 Å². The molecule has 0 radical (unpaired) electrons. The second-order valence-electron chi connectivity index (χ2n) is 7.46. The van der Waals surface area contributed by atoms with Gasteiger partial charge in [0.1, 0.15) is 5.82 Å². The molecule has 2 aliphatic carbocycles. The average molecular weight is 364 g/mol. The molecule has 1 N–H and O–H groups in total.